The molecule has 170 valence electrons. The molecule has 1 fully saturated rings. The van der Waals surface area contributed by atoms with E-state index in [1.54, 1.807) is 30.3 Å². The third-order valence-corrected chi connectivity index (χ3v) is 7.25. The van der Waals surface area contributed by atoms with Gasteiger partial charge in [0.15, 0.2) is 0 Å². The van der Waals surface area contributed by atoms with Crippen LogP contribution in [0.2, 0.25) is 0 Å². The molecular weight excluding hydrogens is 449 g/mol. The van der Waals surface area contributed by atoms with Crippen LogP contribution in [0.3, 0.4) is 0 Å². The van der Waals surface area contributed by atoms with Gasteiger partial charge in [0.05, 0.1) is 28.7 Å². The number of alkyl halides is 3. The van der Waals surface area contributed by atoms with Crippen LogP contribution < -0.4 is 4.31 Å². The topological polar surface area (TPSA) is 98.4 Å². The van der Waals surface area contributed by atoms with Crippen LogP contribution in [0.25, 0.3) is 11.5 Å². The van der Waals surface area contributed by atoms with Gasteiger partial charge >= 0.3 is 12.1 Å². The number of nitrogens with zero attached hydrogens (tertiary/aromatic N) is 4. The number of para-hydroxylation sites is 1. The molecule has 32 heavy (non-hydrogen) atoms. The molecule has 1 aliphatic rings. The second-order valence-corrected chi connectivity index (χ2v) is 9.28. The first-order valence-electron chi connectivity index (χ1n) is 9.75. The van der Waals surface area contributed by atoms with Crippen LogP contribution >= 0.6 is 0 Å². The average molecular weight is 468 g/mol. The van der Waals surface area contributed by atoms with Crippen LogP contribution in [-0.4, -0.2) is 42.1 Å². The Balaban J connectivity index is 1.59. The Morgan fingerprint density at radius 2 is 1.75 bits per heavy atom. The summed E-state index contributed by atoms with van der Waals surface area (Å²) in [4.78, 5) is 4.21. The molecule has 8 nitrogen and oxygen atoms in total. The molecule has 0 spiro atoms. The summed E-state index contributed by atoms with van der Waals surface area (Å²) in [5.41, 5.74) is 1.09. The van der Waals surface area contributed by atoms with Crippen molar-refractivity contribution in [3.63, 3.8) is 0 Å². The Hall–Kier alpha value is -2.99. The standard InChI is InChI=1S/C20H19F3N4O4S/c21-20(22,23)19-26-25-18(31-19)14-6-7-15(24-12-14)13-27(16-4-2-1-3-5-16)32(28,29)17-8-10-30-11-9-17/h1-7,12,17H,8-11,13H2. The van der Waals surface area contributed by atoms with Gasteiger partial charge in [-0.3, -0.25) is 9.29 Å². The average Bonchev–Trinajstić information content (AvgIpc) is 3.30. The summed E-state index contributed by atoms with van der Waals surface area (Å²) in [5, 5.41) is 5.81. The van der Waals surface area contributed by atoms with Crippen molar-refractivity contribution >= 4 is 15.7 Å². The van der Waals surface area contributed by atoms with Gasteiger partial charge in [0.2, 0.25) is 15.9 Å². The van der Waals surface area contributed by atoms with E-state index in [9.17, 15) is 21.6 Å². The fourth-order valence-corrected chi connectivity index (χ4v) is 5.20. The maximum absolute atomic E-state index is 13.4. The van der Waals surface area contributed by atoms with Crippen LogP contribution in [-0.2, 0) is 27.5 Å². The van der Waals surface area contributed by atoms with E-state index in [1.807, 2.05) is 0 Å². The monoisotopic (exact) mass is 468 g/mol. The van der Waals surface area contributed by atoms with Crippen LogP contribution in [0.15, 0.2) is 53.1 Å². The van der Waals surface area contributed by atoms with Gasteiger partial charge < -0.3 is 9.15 Å². The first kappa shape index (κ1) is 22.2. The molecule has 12 heteroatoms. The molecule has 3 aromatic rings. The molecule has 0 saturated carbocycles. The third kappa shape index (κ3) is 4.75. The molecule has 0 N–H and O–H groups in total. The number of aromatic nitrogens is 3. The number of hydrogen-bond donors (Lipinski definition) is 0. The van der Waals surface area contributed by atoms with E-state index in [1.165, 1.54) is 22.6 Å². The Labute approximate surface area is 182 Å². The highest BCUT2D eigenvalue weighted by Crippen LogP contribution is 2.31. The van der Waals surface area contributed by atoms with Crippen molar-refractivity contribution in [3.8, 4) is 11.5 Å². The number of sulfonamides is 1. The van der Waals surface area contributed by atoms with Crippen molar-refractivity contribution in [3.05, 3.63) is 60.2 Å². The number of benzene rings is 1. The van der Waals surface area contributed by atoms with E-state index in [4.69, 9.17) is 4.74 Å². The fourth-order valence-electron chi connectivity index (χ4n) is 3.32. The van der Waals surface area contributed by atoms with Crippen molar-refractivity contribution in [2.75, 3.05) is 17.5 Å². The maximum atomic E-state index is 13.4. The first-order chi connectivity index (χ1) is 15.2. The number of anilines is 1. The van der Waals surface area contributed by atoms with E-state index >= 15 is 0 Å². The quantitative estimate of drug-likeness (QED) is 0.544. The lowest BCUT2D eigenvalue weighted by Crippen LogP contribution is -2.41. The molecule has 0 atom stereocenters. The highest BCUT2D eigenvalue weighted by molar-refractivity contribution is 7.93. The Bertz CT molecular complexity index is 1150. The van der Waals surface area contributed by atoms with E-state index in [0.29, 0.717) is 37.4 Å². The largest absolute Gasteiger partial charge is 0.470 e. The summed E-state index contributed by atoms with van der Waals surface area (Å²) in [6, 6.07) is 11.6. The van der Waals surface area contributed by atoms with Crippen molar-refractivity contribution in [2.45, 2.75) is 30.8 Å². The smallest absolute Gasteiger partial charge is 0.413 e. The molecule has 0 bridgehead atoms. The minimum Gasteiger partial charge on any atom is -0.413 e. The molecule has 0 unspecified atom stereocenters. The zero-order valence-electron chi connectivity index (χ0n) is 16.7. The summed E-state index contributed by atoms with van der Waals surface area (Å²) in [7, 11) is -3.70. The molecule has 3 heterocycles. The van der Waals surface area contributed by atoms with E-state index < -0.39 is 27.3 Å². The zero-order chi connectivity index (χ0) is 22.8. The molecule has 1 saturated heterocycles. The highest BCUT2D eigenvalue weighted by Gasteiger charge is 2.38. The van der Waals surface area contributed by atoms with Gasteiger partial charge in [0.25, 0.3) is 0 Å². The molecule has 0 radical (unpaired) electrons. The minimum absolute atomic E-state index is 0.0401. The normalized spacial score (nSPS) is 15.6. The van der Waals surface area contributed by atoms with Gasteiger partial charge in [-0.1, -0.05) is 18.2 Å². The van der Waals surface area contributed by atoms with Gasteiger partial charge in [0, 0.05) is 19.4 Å². The number of pyridine rings is 1. The number of hydrogen-bond acceptors (Lipinski definition) is 7. The predicted molar refractivity (Wildman–Crippen MR) is 108 cm³/mol. The fraction of sp³-hybridized carbons (Fsp3) is 0.350. The number of ether oxygens (including phenoxy) is 1. The lowest BCUT2D eigenvalue weighted by atomic mass is 10.2. The second kappa shape index (κ2) is 8.87. The van der Waals surface area contributed by atoms with Crippen molar-refractivity contribution in [1.82, 2.24) is 15.2 Å². The van der Waals surface area contributed by atoms with Gasteiger partial charge in [0.1, 0.15) is 0 Å². The van der Waals surface area contributed by atoms with Crippen LogP contribution in [0, 0.1) is 0 Å². The lowest BCUT2D eigenvalue weighted by Gasteiger charge is -2.31. The van der Waals surface area contributed by atoms with Gasteiger partial charge in [-0.2, -0.15) is 13.2 Å². The van der Waals surface area contributed by atoms with E-state index in [0.717, 1.165) is 0 Å². The Morgan fingerprint density at radius 3 is 2.34 bits per heavy atom. The first-order valence-corrected chi connectivity index (χ1v) is 11.3. The molecule has 1 aliphatic heterocycles. The predicted octanol–water partition coefficient (Wildman–Crippen LogP) is 3.67. The number of rotatable bonds is 6. The molecule has 2 aromatic heterocycles. The zero-order valence-corrected chi connectivity index (χ0v) is 17.5. The van der Waals surface area contributed by atoms with Crippen LogP contribution in [0.5, 0.6) is 0 Å². The van der Waals surface area contributed by atoms with E-state index in [2.05, 4.69) is 19.6 Å². The Kier molecular flexibility index (Phi) is 6.15. The van der Waals surface area contributed by atoms with Crippen LogP contribution in [0.4, 0.5) is 18.9 Å². The molecule has 4 rings (SSSR count). The number of halogens is 3. The van der Waals surface area contributed by atoms with Crippen LogP contribution in [0.1, 0.15) is 24.4 Å². The SMILES string of the molecule is O=S(=O)(C1CCOCC1)N(Cc1ccc(-c2nnc(C(F)(F)F)o2)cn1)c1ccccc1. The third-order valence-electron chi connectivity index (χ3n) is 4.99. The van der Waals surface area contributed by atoms with Crippen molar-refractivity contribution < 1.29 is 30.7 Å². The van der Waals surface area contributed by atoms with Crippen molar-refractivity contribution in [1.29, 1.82) is 0 Å². The van der Waals surface area contributed by atoms with E-state index in [-0.39, 0.29) is 18.0 Å². The lowest BCUT2D eigenvalue weighted by molar-refractivity contribution is -0.156. The van der Waals surface area contributed by atoms with Crippen molar-refractivity contribution in [2.24, 2.45) is 0 Å². The summed E-state index contributed by atoms with van der Waals surface area (Å²) in [6.07, 6.45) is -2.67. The summed E-state index contributed by atoms with van der Waals surface area (Å²) in [6.45, 7) is 0.717. The van der Waals surface area contributed by atoms with Gasteiger partial charge in [-0.15, -0.1) is 10.2 Å². The summed E-state index contributed by atoms with van der Waals surface area (Å²) < 4.78 is 76.0. The summed E-state index contributed by atoms with van der Waals surface area (Å²) in [5.74, 6) is -1.78. The minimum atomic E-state index is -4.74. The van der Waals surface area contributed by atoms with Gasteiger partial charge in [-0.25, -0.2) is 8.42 Å². The maximum Gasteiger partial charge on any atom is 0.470 e. The summed E-state index contributed by atoms with van der Waals surface area (Å²) >= 11 is 0. The molecular formula is C20H19F3N4O4S. The molecule has 0 amide bonds. The second-order valence-electron chi connectivity index (χ2n) is 7.15. The Morgan fingerprint density at radius 1 is 1.03 bits per heavy atom. The van der Waals surface area contributed by atoms with Gasteiger partial charge in [-0.05, 0) is 37.1 Å². The molecule has 0 aliphatic carbocycles. The highest BCUT2D eigenvalue weighted by atomic mass is 32.2. The molecule has 1 aromatic carbocycles.